The number of hydrogen-bond donors (Lipinski definition) is 0. The Balaban J connectivity index is 1.50. The molecule has 144 valence electrons. The molecule has 0 bridgehead atoms. The molecule has 0 amide bonds. The molecule has 27 heavy (non-hydrogen) atoms. The van der Waals surface area contributed by atoms with Crippen molar-refractivity contribution in [1.82, 2.24) is 14.8 Å². The quantitative estimate of drug-likeness (QED) is 0.704. The van der Waals surface area contributed by atoms with E-state index in [1.165, 1.54) is 25.5 Å². The van der Waals surface area contributed by atoms with Gasteiger partial charge < -0.3 is 9.64 Å². The number of rotatable bonds is 7. The number of esters is 1. The number of pyridine rings is 1. The summed E-state index contributed by atoms with van der Waals surface area (Å²) in [6.45, 7) is 4.16. The number of carbonyl (C=O) groups excluding carboxylic acids is 1. The van der Waals surface area contributed by atoms with Gasteiger partial charge in [-0.25, -0.2) is 4.79 Å². The molecule has 0 saturated carbocycles. The number of piperidine rings is 1. The Morgan fingerprint density at radius 1 is 1.26 bits per heavy atom. The molecule has 1 aromatic carbocycles. The van der Waals surface area contributed by atoms with Crippen LogP contribution in [-0.2, 0) is 17.7 Å². The van der Waals surface area contributed by atoms with Crippen molar-refractivity contribution in [2.45, 2.75) is 31.8 Å². The Hall–Kier alpha value is -2.24. The van der Waals surface area contributed by atoms with Crippen LogP contribution in [0.15, 0.2) is 48.7 Å². The van der Waals surface area contributed by atoms with E-state index in [1.807, 2.05) is 36.5 Å². The van der Waals surface area contributed by atoms with Gasteiger partial charge in [0.2, 0.25) is 0 Å². The summed E-state index contributed by atoms with van der Waals surface area (Å²) in [5, 5.41) is 0. The second kappa shape index (κ2) is 9.62. The van der Waals surface area contributed by atoms with Gasteiger partial charge in [-0.2, -0.15) is 0 Å². The molecule has 0 N–H and O–H groups in total. The van der Waals surface area contributed by atoms with Crippen LogP contribution in [0.4, 0.5) is 0 Å². The number of carbonyl (C=O) groups is 1. The van der Waals surface area contributed by atoms with Gasteiger partial charge in [-0.15, -0.1) is 0 Å². The molecule has 3 rings (SSSR count). The maximum absolute atomic E-state index is 11.6. The molecular weight excluding hydrogens is 338 g/mol. The number of likely N-dealkylation sites (tertiary alicyclic amines) is 1. The molecular formula is C22H29N3O2. The summed E-state index contributed by atoms with van der Waals surface area (Å²) in [6.07, 6.45) is 5.32. The second-order valence-corrected chi connectivity index (χ2v) is 7.27. The summed E-state index contributed by atoms with van der Waals surface area (Å²) in [5.74, 6) is -0.283. The van der Waals surface area contributed by atoms with Gasteiger partial charge in [-0.05, 0) is 56.3 Å². The van der Waals surface area contributed by atoms with Gasteiger partial charge in [0, 0.05) is 44.0 Å². The molecule has 2 heterocycles. The van der Waals surface area contributed by atoms with Gasteiger partial charge in [-0.3, -0.25) is 9.88 Å². The van der Waals surface area contributed by atoms with E-state index in [2.05, 4.69) is 34.0 Å². The zero-order chi connectivity index (χ0) is 19.1. The lowest BCUT2D eigenvalue weighted by molar-refractivity contribution is 0.0600. The van der Waals surface area contributed by atoms with Crippen molar-refractivity contribution in [2.75, 3.05) is 33.8 Å². The molecule has 2 aromatic rings. The Morgan fingerprint density at radius 3 is 2.78 bits per heavy atom. The highest BCUT2D eigenvalue weighted by atomic mass is 16.5. The molecule has 5 heteroatoms. The van der Waals surface area contributed by atoms with Gasteiger partial charge in [0.25, 0.3) is 0 Å². The summed E-state index contributed by atoms with van der Waals surface area (Å²) in [4.78, 5) is 21.0. The predicted octanol–water partition coefficient (Wildman–Crippen LogP) is 3.01. The summed E-state index contributed by atoms with van der Waals surface area (Å²) in [5.41, 5.74) is 2.99. The molecule has 0 aliphatic carbocycles. The van der Waals surface area contributed by atoms with Gasteiger partial charge in [0.1, 0.15) is 0 Å². The molecule has 1 saturated heterocycles. The van der Waals surface area contributed by atoms with Crippen LogP contribution in [0.2, 0.25) is 0 Å². The first-order valence-electron chi connectivity index (χ1n) is 9.65. The van der Waals surface area contributed by atoms with Crippen LogP contribution in [0.3, 0.4) is 0 Å². The Bertz CT molecular complexity index is 718. The maximum Gasteiger partial charge on any atom is 0.337 e. The topological polar surface area (TPSA) is 45.7 Å². The maximum atomic E-state index is 11.6. The third-order valence-corrected chi connectivity index (χ3v) is 5.33. The van der Waals surface area contributed by atoms with Crippen molar-refractivity contribution >= 4 is 5.97 Å². The fraction of sp³-hybridized carbons (Fsp3) is 0.455. The van der Waals surface area contributed by atoms with Crippen LogP contribution in [0.1, 0.15) is 34.5 Å². The summed E-state index contributed by atoms with van der Waals surface area (Å²) < 4.78 is 4.76. The second-order valence-electron chi connectivity index (χ2n) is 7.27. The number of hydrogen-bond acceptors (Lipinski definition) is 5. The van der Waals surface area contributed by atoms with Crippen LogP contribution in [0.25, 0.3) is 0 Å². The van der Waals surface area contributed by atoms with E-state index in [0.717, 1.165) is 38.3 Å². The van der Waals surface area contributed by atoms with Crippen molar-refractivity contribution in [3.63, 3.8) is 0 Å². The Morgan fingerprint density at radius 2 is 2.07 bits per heavy atom. The average molecular weight is 367 g/mol. The predicted molar refractivity (Wildman–Crippen MR) is 107 cm³/mol. The van der Waals surface area contributed by atoms with Crippen molar-refractivity contribution in [3.8, 4) is 0 Å². The summed E-state index contributed by atoms with van der Waals surface area (Å²) >= 11 is 0. The smallest absolute Gasteiger partial charge is 0.337 e. The molecule has 1 unspecified atom stereocenters. The number of methoxy groups -OCH3 is 1. The Kier molecular flexibility index (Phi) is 6.96. The first kappa shape index (κ1) is 19.5. The molecule has 5 nitrogen and oxygen atoms in total. The third kappa shape index (κ3) is 5.62. The molecule has 1 atom stereocenters. The number of benzene rings is 1. The fourth-order valence-corrected chi connectivity index (χ4v) is 3.68. The number of nitrogens with zero attached hydrogens (tertiary/aromatic N) is 3. The molecule has 0 radical (unpaired) electrons. The van der Waals surface area contributed by atoms with Crippen LogP contribution < -0.4 is 0 Å². The standard InChI is InChI=1S/C22H29N3O2/c1-24(15-12-20-6-3-4-13-23-20)21-7-5-14-25(17-21)16-18-8-10-19(11-9-18)22(26)27-2/h3-4,6,8-11,13,21H,5,7,12,14-17H2,1-2H3. The lowest BCUT2D eigenvalue weighted by Crippen LogP contribution is -2.46. The number of aromatic nitrogens is 1. The highest BCUT2D eigenvalue weighted by molar-refractivity contribution is 5.89. The van der Waals surface area contributed by atoms with Crippen LogP contribution >= 0.6 is 0 Å². The zero-order valence-electron chi connectivity index (χ0n) is 16.3. The lowest BCUT2D eigenvalue weighted by atomic mass is 10.0. The first-order chi connectivity index (χ1) is 13.2. The minimum absolute atomic E-state index is 0.283. The zero-order valence-corrected chi connectivity index (χ0v) is 16.3. The van der Waals surface area contributed by atoms with Gasteiger partial charge in [-0.1, -0.05) is 18.2 Å². The van der Waals surface area contributed by atoms with E-state index in [-0.39, 0.29) is 5.97 Å². The molecule has 1 aliphatic heterocycles. The van der Waals surface area contributed by atoms with E-state index in [1.54, 1.807) is 0 Å². The van der Waals surface area contributed by atoms with E-state index >= 15 is 0 Å². The summed E-state index contributed by atoms with van der Waals surface area (Å²) in [7, 11) is 3.64. The van der Waals surface area contributed by atoms with E-state index < -0.39 is 0 Å². The third-order valence-electron chi connectivity index (χ3n) is 5.33. The monoisotopic (exact) mass is 367 g/mol. The van der Waals surface area contributed by atoms with Crippen molar-refractivity contribution in [1.29, 1.82) is 0 Å². The molecule has 1 aliphatic rings. The summed E-state index contributed by atoms with van der Waals surface area (Å²) in [6, 6.07) is 14.4. The normalized spacial score (nSPS) is 17.8. The number of ether oxygens (including phenoxy) is 1. The first-order valence-corrected chi connectivity index (χ1v) is 9.65. The van der Waals surface area contributed by atoms with Crippen LogP contribution in [0, 0.1) is 0 Å². The Labute approximate surface area is 162 Å². The minimum atomic E-state index is -0.283. The van der Waals surface area contributed by atoms with E-state index in [9.17, 15) is 4.79 Å². The van der Waals surface area contributed by atoms with Crippen molar-refractivity contribution in [3.05, 3.63) is 65.5 Å². The largest absolute Gasteiger partial charge is 0.465 e. The minimum Gasteiger partial charge on any atom is -0.465 e. The van der Waals surface area contributed by atoms with Gasteiger partial charge >= 0.3 is 5.97 Å². The molecule has 0 spiro atoms. The lowest BCUT2D eigenvalue weighted by Gasteiger charge is -2.37. The fourth-order valence-electron chi connectivity index (χ4n) is 3.68. The van der Waals surface area contributed by atoms with Crippen LogP contribution in [-0.4, -0.2) is 60.6 Å². The number of likely N-dealkylation sites (N-methyl/N-ethyl adjacent to an activating group) is 1. The van der Waals surface area contributed by atoms with E-state index in [0.29, 0.717) is 11.6 Å². The highest BCUT2D eigenvalue weighted by Gasteiger charge is 2.23. The SMILES string of the molecule is COC(=O)c1ccc(CN2CCCC(N(C)CCc3ccccn3)C2)cc1. The molecule has 1 fully saturated rings. The van der Waals surface area contributed by atoms with Crippen molar-refractivity contribution < 1.29 is 9.53 Å². The average Bonchev–Trinajstić information content (AvgIpc) is 2.73. The molecule has 1 aromatic heterocycles. The van der Waals surface area contributed by atoms with Crippen molar-refractivity contribution in [2.24, 2.45) is 0 Å². The van der Waals surface area contributed by atoms with Crippen LogP contribution in [0.5, 0.6) is 0 Å². The van der Waals surface area contributed by atoms with E-state index in [4.69, 9.17) is 4.74 Å². The highest BCUT2D eigenvalue weighted by Crippen LogP contribution is 2.18. The van der Waals surface area contributed by atoms with Gasteiger partial charge in [0.15, 0.2) is 0 Å². The van der Waals surface area contributed by atoms with Gasteiger partial charge in [0.05, 0.1) is 12.7 Å².